The number of thiocarbonyl (C=S) groups is 1. The van der Waals surface area contributed by atoms with Crippen molar-refractivity contribution in [2.45, 2.75) is 13.8 Å². The molecule has 1 fully saturated rings. The van der Waals surface area contributed by atoms with E-state index in [1.807, 2.05) is 18.7 Å². The lowest BCUT2D eigenvalue weighted by atomic mass is 10.5. The number of likely N-dealkylation sites (N-methyl/N-ethyl adjacent to an activating group) is 2. The number of hydrogen-bond donors (Lipinski definition) is 0. The van der Waals surface area contributed by atoms with E-state index in [1.54, 1.807) is 4.90 Å². The Morgan fingerprint density at radius 1 is 1.45 bits per heavy atom. The monoisotopic (exact) mass is 172 g/mol. The Hall–Kier alpha value is -0.640. The van der Waals surface area contributed by atoms with Crippen LogP contribution < -0.4 is 0 Å². The Balaban J connectivity index is 2.71. The minimum atomic E-state index is 0.124. The Morgan fingerprint density at radius 3 is 2.36 bits per heavy atom. The van der Waals surface area contributed by atoms with Gasteiger partial charge in [-0.05, 0) is 26.1 Å². The molecular formula is C7H12N2OS. The number of rotatable bonds is 2. The van der Waals surface area contributed by atoms with Crippen molar-refractivity contribution >= 4 is 23.2 Å². The standard InChI is InChI=1S/C7H12N2OS/c1-3-8-5-6(10)9(4-2)7(8)11/h3-5H2,1-2H3. The van der Waals surface area contributed by atoms with Gasteiger partial charge in [0.1, 0.15) is 0 Å². The topological polar surface area (TPSA) is 23.6 Å². The molecule has 0 aromatic heterocycles. The van der Waals surface area contributed by atoms with Gasteiger partial charge >= 0.3 is 0 Å². The highest BCUT2D eigenvalue weighted by atomic mass is 32.1. The molecule has 1 saturated heterocycles. The second kappa shape index (κ2) is 3.17. The molecular weight excluding hydrogens is 160 g/mol. The first-order valence-electron chi connectivity index (χ1n) is 3.80. The first-order valence-corrected chi connectivity index (χ1v) is 4.20. The molecule has 1 rings (SSSR count). The van der Waals surface area contributed by atoms with Crippen molar-refractivity contribution in [1.29, 1.82) is 0 Å². The third kappa shape index (κ3) is 1.35. The van der Waals surface area contributed by atoms with Crippen molar-refractivity contribution in [3.8, 4) is 0 Å². The molecule has 0 bridgehead atoms. The van der Waals surface area contributed by atoms with Crippen molar-refractivity contribution in [2.75, 3.05) is 19.6 Å². The summed E-state index contributed by atoms with van der Waals surface area (Å²) in [5.74, 6) is 0.124. The fourth-order valence-electron chi connectivity index (χ4n) is 1.15. The van der Waals surface area contributed by atoms with Gasteiger partial charge in [-0.3, -0.25) is 9.69 Å². The first-order chi connectivity index (χ1) is 5.20. The largest absolute Gasteiger partial charge is 0.340 e. The van der Waals surface area contributed by atoms with Crippen LogP contribution in [0.3, 0.4) is 0 Å². The maximum atomic E-state index is 11.2. The molecule has 0 aromatic rings. The van der Waals surface area contributed by atoms with Crippen LogP contribution in [-0.2, 0) is 4.79 Å². The average Bonchev–Trinajstić information content (AvgIpc) is 2.26. The summed E-state index contributed by atoms with van der Waals surface area (Å²) in [6, 6.07) is 0. The highest BCUT2D eigenvalue weighted by molar-refractivity contribution is 7.80. The lowest BCUT2D eigenvalue weighted by Gasteiger charge is -2.16. The summed E-state index contributed by atoms with van der Waals surface area (Å²) in [5.41, 5.74) is 0. The van der Waals surface area contributed by atoms with Crippen molar-refractivity contribution in [1.82, 2.24) is 9.80 Å². The third-order valence-electron chi connectivity index (χ3n) is 1.83. The van der Waals surface area contributed by atoms with Gasteiger partial charge in [0.25, 0.3) is 0 Å². The van der Waals surface area contributed by atoms with Crippen molar-refractivity contribution < 1.29 is 4.79 Å². The molecule has 3 nitrogen and oxygen atoms in total. The summed E-state index contributed by atoms with van der Waals surface area (Å²) in [4.78, 5) is 14.7. The van der Waals surface area contributed by atoms with E-state index < -0.39 is 0 Å². The van der Waals surface area contributed by atoms with Crippen LogP contribution in [0, 0.1) is 0 Å². The molecule has 0 spiro atoms. The smallest absolute Gasteiger partial charge is 0.248 e. The maximum absolute atomic E-state index is 11.2. The fourth-order valence-corrected chi connectivity index (χ4v) is 1.58. The number of amides is 1. The van der Waals surface area contributed by atoms with E-state index in [0.29, 0.717) is 18.2 Å². The van der Waals surface area contributed by atoms with E-state index >= 15 is 0 Å². The van der Waals surface area contributed by atoms with Crippen LogP contribution in [0.25, 0.3) is 0 Å². The van der Waals surface area contributed by atoms with E-state index in [2.05, 4.69) is 0 Å². The Labute approximate surface area is 72.0 Å². The molecule has 1 heterocycles. The molecule has 0 aliphatic carbocycles. The highest BCUT2D eigenvalue weighted by Gasteiger charge is 2.29. The van der Waals surface area contributed by atoms with Crippen molar-refractivity contribution in [3.05, 3.63) is 0 Å². The van der Waals surface area contributed by atoms with E-state index in [4.69, 9.17) is 12.2 Å². The van der Waals surface area contributed by atoms with Crippen LogP contribution in [0.15, 0.2) is 0 Å². The molecule has 0 radical (unpaired) electrons. The zero-order valence-electron chi connectivity index (χ0n) is 6.83. The first kappa shape index (κ1) is 8.46. The van der Waals surface area contributed by atoms with Crippen molar-refractivity contribution in [3.63, 3.8) is 0 Å². The summed E-state index contributed by atoms with van der Waals surface area (Å²) in [6.07, 6.45) is 0. The van der Waals surface area contributed by atoms with Crippen LogP contribution in [-0.4, -0.2) is 40.5 Å². The summed E-state index contributed by atoms with van der Waals surface area (Å²) in [5, 5.41) is 0.681. The lowest BCUT2D eigenvalue weighted by Crippen LogP contribution is -2.32. The van der Waals surface area contributed by atoms with Gasteiger partial charge in [-0.2, -0.15) is 0 Å². The molecule has 62 valence electrons. The van der Waals surface area contributed by atoms with Crippen LogP contribution >= 0.6 is 12.2 Å². The van der Waals surface area contributed by atoms with Gasteiger partial charge in [-0.1, -0.05) is 0 Å². The van der Waals surface area contributed by atoms with E-state index in [9.17, 15) is 4.79 Å². The van der Waals surface area contributed by atoms with Gasteiger partial charge in [0.2, 0.25) is 5.91 Å². The molecule has 1 amide bonds. The Kier molecular flexibility index (Phi) is 2.44. The van der Waals surface area contributed by atoms with Gasteiger partial charge in [0, 0.05) is 13.1 Å². The molecule has 1 aliphatic rings. The van der Waals surface area contributed by atoms with Crippen LogP contribution in [0.4, 0.5) is 0 Å². The number of carbonyl (C=O) groups is 1. The molecule has 1 aliphatic heterocycles. The van der Waals surface area contributed by atoms with Crippen LogP contribution in [0.1, 0.15) is 13.8 Å². The van der Waals surface area contributed by atoms with Gasteiger partial charge in [0.05, 0.1) is 6.54 Å². The summed E-state index contributed by atoms with van der Waals surface area (Å²) in [6.45, 7) is 5.90. The molecule has 0 saturated carbocycles. The Morgan fingerprint density at radius 2 is 2.09 bits per heavy atom. The van der Waals surface area contributed by atoms with E-state index in [-0.39, 0.29) is 5.91 Å². The molecule has 4 heteroatoms. The zero-order valence-corrected chi connectivity index (χ0v) is 7.65. The van der Waals surface area contributed by atoms with Crippen LogP contribution in [0.5, 0.6) is 0 Å². The van der Waals surface area contributed by atoms with E-state index in [0.717, 1.165) is 6.54 Å². The number of hydrogen-bond acceptors (Lipinski definition) is 2. The van der Waals surface area contributed by atoms with Crippen LogP contribution in [0.2, 0.25) is 0 Å². The fraction of sp³-hybridized carbons (Fsp3) is 0.714. The minimum absolute atomic E-state index is 0.124. The normalized spacial score (nSPS) is 18.4. The second-order valence-corrected chi connectivity index (χ2v) is 2.80. The van der Waals surface area contributed by atoms with E-state index in [1.165, 1.54) is 0 Å². The SMILES string of the molecule is CCN1CC(=O)N(CC)C1=S. The third-order valence-corrected chi connectivity index (χ3v) is 2.31. The predicted molar refractivity (Wildman–Crippen MR) is 47.2 cm³/mol. The quantitative estimate of drug-likeness (QED) is 0.565. The maximum Gasteiger partial charge on any atom is 0.248 e. The Bertz CT molecular complexity index is 193. The minimum Gasteiger partial charge on any atom is -0.340 e. The summed E-state index contributed by atoms with van der Waals surface area (Å²) in [7, 11) is 0. The molecule has 0 N–H and O–H groups in total. The van der Waals surface area contributed by atoms with Gasteiger partial charge in [-0.15, -0.1) is 0 Å². The molecule has 0 atom stereocenters. The second-order valence-electron chi connectivity index (χ2n) is 2.43. The van der Waals surface area contributed by atoms with Gasteiger partial charge < -0.3 is 4.90 Å². The number of carbonyl (C=O) groups excluding carboxylic acids is 1. The van der Waals surface area contributed by atoms with Crippen molar-refractivity contribution in [2.24, 2.45) is 0 Å². The van der Waals surface area contributed by atoms with Gasteiger partial charge in [0.15, 0.2) is 5.11 Å². The molecule has 0 aromatic carbocycles. The molecule has 0 unspecified atom stereocenters. The number of nitrogens with zero attached hydrogens (tertiary/aromatic N) is 2. The average molecular weight is 172 g/mol. The summed E-state index contributed by atoms with van der Waals surface area (Å²) < 4.78 is 0. The summed E-state index contributed by atoms with van der Waals surface area (Å²) >= 11 is 5.07. The van der Waals surface area contributed by atoms with Gasteiger partial charge in [-0.25, -0.2) is 0 Å². The predicted octanol–water partition coefficient (Wildman–Crippen LogP) is 0.455. The lowest BCUT2D eigenvalue weighted by molar-refractivity contribution is -0.124. The zero-order chi connectivity index (χ0) is 8.43. The highest BCUT2D eigenvalue weighted by Crippen LogP contribution is 2.08. The molecule has 11 heavy (non-hydrogen) atoms.